The van der Waals surface area contributed by atoms with Gasteiger partial charge in [0.05, 0.1) is 12.6 Å². The van der Waals surface area contributed by atoms with E-state index < -0.39 is 60.6 Å². The van der Waals surface area contributed by atoms with E-state index in [1.54, 1.807) is 12.1 Å². The molecule has 1 atom stereocenters. The number of anilines is 3. The van der Waals surface area contributed by atoms with E-state index in [0.717, 1.165) is 44.8 Å². The number of aromatic nitrogens is 3. The van der Waals surface area contributed by atoms with Crippen molar-refractivity contribution >= 4 is 52.9 Å². The molecule has 1 aromatic heterocycles. The second-order valence-corrected chi connectivity index (χ2v) is 13.0. The zero-order chi connectivity index (χ0) is 37.3. The van der Waals surface area contributed by atoms with Crippen LogP contribution in [0.2, 0.25) is 5.02 Å². The smallest absolute Gasteiger partial charge is 0.422 e. The minimum absolute atomic E-state index is 0.0271. The van der Waals surface area contributed by atoms with Crippen LogP contribution in [0.3, 0.4) is 0 Å². The monoisotopic (exact) mass is 746 g/mol. The Morgan fingerprint density at radius 1 is 0.904 bits per heavy atom. The fourth-order valence-electron chi connectivity index (χ4n) is 5.67. The Balaban J connectivity index is 1.21. The van der Waals surface area contributed by atoms with Crippen LogP contribution in [0.1, 0.15) is 60.9 Å². The highest BCUT2D eigenvalue weighted by molar-refractivity contribution is 6.35. The first-order valence-corrected chi connectivity index (χ1v) is 17.0. The summed E-state index contributed by atoms with van der Waals surface area (Å²) in [6.07, 6.45) is 2.09. The quantitative estimate of drug-likeness (QED) is 0.116. The van der Waals surface area contributed by atoms with Crippen molar-refractivity contribution in [1.29, 1.82) is 0 Å². The fraction of sp³-hybridized carbons (Fsp3) is 0.441. The van der Waals surface area contributed by atoms with Crippen LogP contribution in [-0.2, 0) is 24.7 Å². The highest BCUT2D eigenvalue weighted by atomic mass is 35.5. The summed E-state index contributed by atoms with van der Waals surface area (Å²) in [5, 5.41) is 14.1. The molecule has 0 aliphatic heterocycles. The molecule has 0 spiro atoms. The molecule has 14 nitrogen and oxygen atoms in total. The molecule has 0 radical (unpaired) electrons. The van der Waals surface area contributed by atoms with Gasteiger partial charge in [-0.1, -0.05) is 43.0 Å². The Kier molecular flexibility index (Phi) is 12.4. The van der Waals surface area contributed by atoms with Crippen LogP contribution in [0.5, 0.6) is 6.01 Å². The SMILES string of the molecule is COC(=O)[C@H](CNC(=O)C(=O)NCC1CCCCC1)NC(=O)c1ccc(Nc2nc(NC3(c4ccc(Cl)cc4)CC3)nc(OCC(F)(F)F)n2)cc1. The first-order chi connectivity index (χ1) is 24.8. The van der Waals surface area contributed by atoms with Gasteiger partial charge in [0.15, 0.2) is 6.61 Å². The van der Waals surface area contributed by atoms with Crippen LogP contribution in [-0.4, -0.2) is 77.7 Å². The van der Waals surface area contributed by atoms with Gasteiger partial charge in [0.1, 0.15) is 6.04 Å². The average Bonchev–Trinajstić information content (AvgIpc) is 3.91. The van der Waals surface area contributed by atoms with Crippen molar-refractivity contribution in [2.45, 2.75) is 62.7 Å². The number of carbonyl (C=O) groups excluding carboxylic acids is 4. The molecule has 2 aromatic carbocycles. The van der Waals surface area contributed by atoms with E-state index in [0.29, 0.717) is 36.0 Å². The zero-order valence-corrected chi connectivity index (χ0v) is 28.9. The molecule has 1 heterocycles. The Hall–Kier alpha value is -5.19. The van der Waals surface area contributed by atoms with Gasteiger partial charge in [-0.05, 0) is 73.6 Å². The van der Waals surface area contributed by atoms with Gasteiger partial charge in [0.25, 0.3) is 5.91 Å². The van der Waals surface area contributed by atoms with Crippen molar-refractivity contribution in [3.63, 3.8) is 0 Å². The molecule has 2 fully saturated rings. The molecular formula is C34H38ClF3N8O6. The molecule has 0 bridgehead atoms. The summed E-state index contributed by atoms with van der Waals surface area (Å²) in [4.78, 5) is 62.4. The molecule has 3 amide bonds. The van der Waals surface area contributed by atoms with E-state index in [2.05, 4.69) is 41.5 Å². The number of benzene rings is 2. The molecule has 5 rings (SSSR count). The second-order valence-electron chi connectivity index (χ2n) is 12.6. The molecule has 2 aliphatic carbocycles. The van der Waals surface area contributed by atoms with Gasteiger partial charge in [-0.25, -0.2) is 4.79 Å². The summed E-state index contributed by atoms with van der Waals surface area (Å²) in [5.74, 6) is -3.17. The number of ether oxygens (including phenoxy) is 2. The van der Waals surface area contributed by atoms with E-state index in [1.807, 2.05) is 12.1 Å². The highest BCUT2D eigenvalue weighted by Gasteiger charge is 2.45. The van der Waals surface area contributed by atoms with Gasteiger partial charge < -0.3 is 36.1 Å². The number of hydrogen-bond donors (Lipinski definition) is 5. The van der Waals surface area contributed by atoms with Gasteiger partial charge in [-0.15, -0.1) is 0 Å². The maximum Gasteiger partial charge on any atom is 0.422 e. The Labute approximate surface area is 302 Å². The van der Waals surface area contributed by atoms with Crippen LogP contribution < -0.4 is 31.3 Å². The number of hydrogen-bond acceptors (Lipinski definition) is 11. The molecule has 2 saturated carbocycles. The largest absolute Gasteiger partial charge is 0.467 e. The second kappa shape index (κ2) is 16.9. The van der Waals surface area contributed by atoms with Gasteiger partial charge >= 0.3 is 30.0 Å². The number of amides is 3. The first-order valence-electron chi connectivity index (χ1n) is 16.6. The van der Waals surface area contributed by atoms with Crippen LogP contribution in [0.15, 0.2) is 48.5 Å². The Bertz CT molecular complexity index is 1740. The predicted molar refractivity (Wildman–Crippen MR) is 183 cm³/mol. The van der Waals surface area contributed by atoms with Gasteiger partial charge in [-0.3, -0.25) is 14.4 Å². The van der Waals surface area contributed by atoms with E-state index in [-0.39, 0.29) is 17.5 Å². The lowest BCUT2D eigenvalue weighted by atomic mass is 9.89. The van der Waals surface area contributed by atoms with Crippen molar-refractivity contribution in [1.82, 2.24) is 30.9 Å². The summed E-state index contributed by atoms with van der Waals surface area (Å²) < 4.78 is 48.4. The van der Waals surface area contributed by atoms with E-state index in [1.165, 1.54) is 24.3 Å². The zero-order valence-electron chi connectivity index (χ0n) is 28.1. The van der Waals surface area contributed by atoms with Crippen molar-refractivity contribution in [3.05, 3.63) is 64.7 Å². The summed E-state index contributed by atoms with van der Waals surface area (Å²) in [6.45, 7) is -1.63. The maximum absolute atomic E-state index is 13.0. The molecule has 52 heavy (non-hydrogen) atoms. The maximum atomic E-state index is 13.0. The summed E-state index contributed by atoms with van der Waals surface area (Å²) >= 11 is 6.02. The third kappa shape index (κ3) is 10.9. The lowest BCUT2D eigenvalue weighted by Crippen LogP contribution is -2.51. The fourth-order valence-corrected chi connectivity index (χ4v) is 5.79. The number of methoxy groups -OCH3 is 1. The van der Waals surface area contributed by atoms with Crippen LogP contribution >= 0.6 is 11.6 Å². The summed E-state index contributed by atoms with van der Waals surface area (Å²) in [6, 6.07) is 11.0. The third-order valence-electron chi connectivity index (χ3n) is 8.62. The molecule has 278 valence electrons. The van der Waals surface area contributed by atoms with Crippen LogP contribution in [0, 0.1) is 5.92 Å². The lowest BCUT2D eigenvalue weighted by molar-refractivity contribution is -0.154. The van der Waals surface area contributed by atoms with Gasteiger partial charge in [0.2, 0.25) is 11.9 Å². The standard InChI is InChI=1S/C34H38ClF3N8O6/c1-51-29(50)25(18-40-28(49)27(48)39-17-20-5-3-2-4-6-20)42-26(47)21-7-13-24(14-8-21)41-30-43-31(45-32(44-30)52-19-34(36,37)38)46-33(15-16-33)22-9-11-23(35)12-10-22/h7-14,20,25H,2-6,15-19H2,1H3,(H,39,48)(H,40,49)(H,42,47)(H2,41,43,44,45,46)/t25-/m0/s1. The van der Waals surface area contributed by atoms with Crippen LogP contribution in [0.4, 0.5) is 30.8 Å². The normalized spacial score (nSPS) is 15.8. The number of rotatable bonds is 14. The Morgan fingerprint density at radius 2 is 1.56 bits per heavy atom. The predicted octanol–water partition coefficient (Wildman–Crippen LogP) is 4.40. The number of esters is 1. The van der Waals surface area contributed by atoms with Crippen LogP contribution in [0.25, 0.3) is 0 Å². The van der Waals surface area contributed by atoms with E-state index >= 15 is 0 Å². The molecule has 3 aromatic rings. The molecule has 18 heteroatoms. The number of carbonyl (C=O) groups is 4. The summed E-state index contributed by atoms with van der Waals surface area (Å²) in [7, 11) is 1.12. The number of halogens is 4. The van der Waals surface area contributed by atoms with E-state index in [4.69, 9.17) is 21.1 Å². The molecule has 5 N–H and O–H groups in total. The average molecular weight is 747 g/mol. The molecule has 0 saturated heterocycles. The topological polar surface area (TPSA) is 186 Å². The molecular weight excluding hydrogens is 709 g/mol. The van der Waals surface area contributed by atoms with Gasteiger partial charge in [-0.2, -0.15) is 28.1 Å². The number of nitrogens with one attached hydrogen (secondary N) is 5. The van der Waals surface area contributed by atoms with E-state index in [9.17, 15) is 32.3 Å². The number of alkyl halides is 3. The van der Waals surface area contributed by atoms with Gasteiger partial charge in [0, 0.05) is 29.4 Å². The Morgan fingerprint density at radius 3 is 2.19 bits per heavy atom. The minimum Gasteiger partial charge on any atom is -0.467 e. The summed E-state index contributed by atoms with van der Waals surface area (Å²) in [5.41, 5.74) is 0.809. The first kappa shape index (κ1) is 38.1. The van der Waals surface area contributed by atoms with Crippen molar-refractivity contribution in [2.75, 3.05) is 37.4 Å². The van der Waals surface area contributed by atoms with Crippen molar-refractivity contribution < 1.29 is 41.8 Å². The molecule has 0 unspecified atom stereocenters. The molecule has 2 aliphatic rings. The minimum atomic E-state index is -4.63. The highest BCUT2D eigenvalue weighted by Crippen LogP contribution is 2.48. The third-order valence-corrected chi connectivity index (χ3v) is 8.87. The van der Waals surface area contributed by atoms with Crippen molar-refractivity contribution in [2.24, 2.45) is 5.92 Å². The van der Waals surface area contributed by atoms with Crippen molar-refractivity contribution in [3.8, 4) is 6.01 Å². The lowest BCUT2D eigenvalue weighted by Gasteiger charge is -2.21. The number of nitrogens with zero attached hydrogens (tertiary/aromatic N) is 3.